The lowest BCUT2D eigenvalue weighted by atomic mass is 9.97. The van der Waals surface area contributed by atoms with Gasteiger partial charge < -0.3 is 25.0 Å². The second-order valence-electron chi connectivity index (χ2n) is 7.63. The zero-order valence-electron chi connectivity index (χ0n) is 17.1. The van der Waals surface area contributed by atoms with Crippen molar-refractivity contribution in [3.63, 3.8) is 0 Å². The molecule has 0 saturated carbocycles. The summed E-state index contributed by atoms with van der Waals surface area (Å²) in [7, 11) is 0. The normalized spacial score (nSPS) is 17.2. The molecule has 1 atom stereocenters. The zero-order valence-corrected chi connectivity index (χ0v) is 17.1. The van der Waals surface area contributed by atoms with Crippen molar-refractivity contribution in [2.45, 2.75) is 19.4 Å². The zero-order chi connectivity index (χ0) is 21.6. The molecule has 3 amide bonds. The molecule has 0 bridgehead atoms. The summed E-state index contributed by atoms with van der Waals surface area (Å²) in [5, 5.41) is 5.60. The van der Waals surface area contributed by atoms with Gasteiger partial charge in [0.05, 0.1) is 12.5 Å². The van der Waals surface area contributed by atoms with Gasteiger partial charge in [-0.15, -0.1) is 0 Å². The Morgan fingerprint density at radius 2 is 1.81 bits per heavy atom. The first-order valence-corrected chi connectivity index (χ1v) is 10.4. The summed E-state index contributed by atoms with van der Waals surface area (Å²) in [5.74, 6) is 0.566. The van der Waals surface area contributed by atoms with Gasteiger partial charge in [0.1, 0.15) is 0 Å². The summed E-state index contributed by atoms with van der Waals surface area (Å²) >= 11 is 0. The maximum atomic E-state index is 12.6. The van der Waals surface area contributed by atoms with Crippen molar-refractivity contribution in [2.24, 2.45) is 5.92 Å². The van der Waals surface area contributed by atoms with Crippen LogP contribution in [0.15, 0.2) is 48.5 Å². The average Bonchev–Trinajstić information content (AvgIpc) is 3.29. The minimum absolute atomic E-state index is 0.0801. The lowest BCUT2D eigenvalue weighted by Gasteiger charge is -2.32. The van der Waals surface area contributed by atoms with Crippen molar-refractivity contribution in [3.8, 4) is 11.5 Å². The van der Waals surface area contributed by atoms with Crippen molar-refractivity contribution in [3.05, 3.63) is 59.7 Å². The molecule has 2 N–H and O–H groups in total. The third-order valence-electron chi connectivity index (χ3n) is 5.48. The summed E-state index contributed by atoms with van der Waals surface area (Å²) in [5.41, 5.74) is 1.43. The highest BCUT2D eigenvalue weighted by Gasteiger charge is 2.28. The number of piperidine rings is 1. The fourth-order valence-electron chi connectivity index (χ4n) is 3.76. The van der Waals surface area contributed by atoms with E-state index in [0.29, 0.717) is 36.7 Å². The minimum Gasteiger partial charge on any atom is -0.454 e. The number of hydrogen-bond donors (Lipinski definition) is 2. The number of likely N-dealkylation sites (tertiary alicyclic amines) is 1. The van der Waals surface area contributed by atoms with Gasteiger partial charge in [-0.05, 0) is 42.7 Å². The van der Waals surface area contributed by atoms with Gasteiger partial charge in [-0.25, -0.2) is 0 Å². The third kappa shape index (κ3) is 5.14. The Morgan fingerprint density at radius 1 is 1.00 bits per heavy atom. The Labute approximate surface area is 180 Å². The van der Waals surface area contributed by atoms with E-state index < -0.39 is 0 Å². The van der Waals surface area contributed by atoms with Crippen LogP contribution in [0.3, 0.4) is 0 Å². The number of carbonyl (C=O) groups is 3. The average molecular weight is 423 g/mol. The van der Waals surface area contributed by atoms with Crippen LogP contribution in [0.5, 0.6) is 11.5 Å². The van der Waals surface area contributed by atoms with E-state index in [-0.39, 0.29) is 37.0 Å². The lowest BCUT2D eigenvalue weighted by Crippen LogP contribution is -2.48. The molecule has 1 saturated heterocycles. The highest BCUT2D eigenvalue weighted by molar-refractivity contribution is 5.96. The second kappa shape index (κ2) is 9.51. The van der Waals surface area contributed by atoms with Crippen LogP contribution in [-0.2, 0) is 16.1 Å². The Hall–Kier alpha value is -3.55. The molecular weight excluding hydrogens is 398 g/mol. The SMILES string of the molecule is O=C(NCC(=O)N1CCCC(C(=O)NCc2ccc3c(c2)OCO3)C1)c1ccccc1. The van der Waals surface area contributed by atoms with Gasteiger partial charge >= 0.3 is 0 Å². The predicted octanol–water partition coefficient (Wildman–Crippen LogP) is 1.70. The molecule has 2 heterocycles. The molecule has 2 aromatic carbocycles. The first-order valence-electron chi connectivity index (χ1n) is 10.4. The number of fused-ring (bicyclic) bond motifs is 1. The Kier molecular flexibility index (Phi) is 6.35. The van der Waals surface area contributed by atoms with Crippen molar-refractivity contribution < 1.29 is 23.9 Å². The molecule has 4 rings (SSSR count). The fourth-order valence-corrected chi connectivity index (χ4v) is 3.76. The number of hydrogen-bond acceptors (Lipinski definition) is 5. The molecule has 2 aliphatic rings. The molecule has 31 heavy (non-hydrogen) atoms. The van der Waals surface area contributed by atoms with Gasteiger partial charge in [0.2, 0.25) is 18.6 Å². The highest BCUT2D eigenvalue weighted by atomic mass is 16.7. The molecule has 162 valence electrons. The van der Waals surface area contributed by atoms with Crippen LogP contribution in [0, 0.1) is 5.92 Å². The van der Waals surface area contributed by atoms with Crippen molar-refractivity contribution in [1.82, 2.24) is 15.5 Å². The third-order valence-corrected chi connectivity index (χ3v) is 5.48. The van der Waals surface area contributed by atoms with E-state index in [9.17, 15) is 14.4 Å². The molecular formula is C23H25N3O5. The predicted molar refractivity (Wildman–Crippen MR) is 112 cm³/mol. The van der Waals surface area contributed by atoms with E-state index >= 15 is 0 Å². The van der Waals surface area contributed by atoms with Gasteiger partial charge in [-0.1, -0.05) is 24.3 Å². The number of amides is 3. The summed E-state index contributed by atoms with van der Waals surface area (Å²) in [4.78, 5) is 39.0. The first kappa shape index (κ1) is 20.7. The quantitative estimate of drug-likeness (QED) is 0.737. The molecule has 0 spiro atoms. The summed E-state index contributed by atoms with van der Waals surface area (Å²) in [6.45, 7) is 1.45. The minimum atomic E-state index is -0.288. The molecule has 2 aliphatic heterocycles. The van der Waals surface area contributed by atoms with E-state index in [0.717, 1.165) is 18.4 Å². The van der Waals surface area contributed by atoms with Gasteiger partial charge in [0.15, 0.2) is 11.5 Å². The van der Waals surface area contributed by atoms with E-state index in [1.807, 2.05) is 24.3 Å². The van der Waals surface area contributed by atoms with E-state index in [4.69, 9.17) is 9.47 Å². The maximum absolute atomic E-state index is 12.6. The van der Waals surface area contributed by atoms with Crippen LogP contribution in [0.2, 0.25) is 0 Å². The molecule has 1 fully saturated rings. The highest BCUT2D eigenvalue weighted by Crippen LogP contribution is 2.32. The Bertz CT molecular complexity index is 963. The Balaban J connectivity index is 1.25. The second-order valence-corrected chi connectivity index (χ2v) is 7.63. The first-order chi connectivity index (χ1) is 15.1. The topological polar surface area (TPSA) is 97.0 Å². The molecule has 0 radical (unpaired) electrons. The van der Waals surface area contributed by atoms with Gasteiger partial charge in [-0.2, -0.15) is 0 Å². The summed E-state index contributed by atoms with van der Waals surface area (Å²) < 4.78 is 10.7. The van der Waals surface area contributed by atoms with Crippen LogP contribution < -0.4 is 20.1 Å². The number of carbonyl (C=O) groups excluding carboxylic acids is 3. The molecule has 8 nitrogen and oxygen atoms in total. The van der Waals surface area contributed by atoms with Gasteiger partial charge in [0.25, 0.3) is 5.91 Å². The summed E-state index contributed by atoms with van der Waals surface area (Å²) in [6.07, 6.45) is 1.48. The van der Waals surface area contributed by atoms with Crippen LogP contribution in [0.4, 0.5) is 0 Å². The number of nitrogens with one attached hydrogen (secondary N) is 2. The van der Waals surface area contributed by atoms with Crippen LogP contribution in [-0.4, -0.2) is 49.0 Å². The molecule has 2 aromatic rings. The summed E-state index contributed by atoms with van der Waals surface area (Å²) in [6, 6.07) is 14.3. The molecule has 8 heteroatoms. The maximum Gasteiger partial charge on any atom is 0.251 e. The number of nitrogens with zero attached hydrogens (tertiary/aromatic N) is 1. The van der Waals surface area contributed by atoms with E-state index in [2.05, 4.69) is 10.6 Å². The molecule has 1 unspecified atom stereocenters. The van der Waals surface area contributed by atoms with Crippen molar-refractivity contribution >= 4 is 17.7 Å². The van der Waals surface area contributed by atoms with E-state index in [1.54, 1.807) is 29.2 Å². The van der Waals surface area contributed by atoms with Crippen LogP contribution in [0.1, 0.15) is 28.8 Å². The van der Waals surface area contributed by atoms with Crippen molar-refractivity contribution in [1.29, 1.82) is 0 Å². The van der Waals surface area contributed by atoms with Crippen LogP contribution in [0.25, 0.3) is 0 Å². The van der Waals surface area contributed by atoms with Crippen molar-refractivity contribution in [2.75, 3.05) is 26.4 Å². The van der Waals surface area contributed by atoms with E-state index in [1.165, 1.54) is 0 Å². The van der Waals surface area contributed by atoms with Gasteiger partial charge in [-0.3, -0.25) is 14.4 Å². The standard InChI is InChI=1S/C23H25N3O5/c27-21(13-25-22(28)17-5-2-1-3-6-17)26-10-4-7-18(14-26)23(29)24-12-16-8-9-19-20(11-16)31-15-30-19/h1-3,5-6,8-9,11,18H,4,7,10,12-15H2,(H,24,29)(H,25,28). The fraction of sp³-hybridized carbons (Fsp3) is 0.348. The lowest BCUT2D eigenvalue weighted by molar-refractivity contribution is -0.135. The number of benzene rings is 2. The smallest absolute Gasteiger partial charge is 0.251 e. The largest absolute Gasteiger partial charge is 0.454 e. The number of ether oxygens (including phenoxy) is 2. The molecule has 0 aromatic heterocycles. The van der Waals surface area contributed by atoms with Gasteiger partial charge in [0, 0.05) is 25.2 Å². The number of rotatable bonds is 6. The Morgan fingerprint density at radius 3 is 2.65 bits per heavy atom. The molecule has 0 aliphatic carbocycles. The monoisotopic (exact) mass is 423 g/mol. The van der Waals surface area contributed by atoms with Crippen LogP contribution >= 0.6 is 0 Å².